The third kappa shape index (κ3) is 2.88. The van der Waals surface area contributed by atoms with Gasteiger partial charge in [0.05, 0.1) is 5.69 Å². The van der Waals surface area contributed by atoms with Gasteiger partial charge in [-0.1, -0.05) is 6.07 Å². The van der Waals surface area contributed by atoms with E-state index in [0.29, 0.717) is 13.2 Å². The Bertz CT molecular complexity index is 590. The Balaban J connectivity index is 1.58. The van der Waals surface area contributed by atoms with Crippen LogP contribution in [-0.2, 0) is 6.42 Å². The van der Waals surface area contributed by atoms with Crippen LogP contribution in [-0.4, -0.2) is 24.7 Å². The fourth-order valence-corrected chi connectivity index (χ4v) is 2.95. The number of thiazole rings is 1. The number of hydrogen-bond acceptors (Lipinski definition) is 5. The number of aromatic nitrogens is 1. The van der Waals surface area contributed by atoms with E-state index in [-0.39, 0.29) is 0 Å². The largest absolute Gasteiger partial charge is 0.486 e. The zero-order chi connectivity index (χ0) is 13.9. The highest BCUT2D eigenvalue weighted by molar-refractivity contribution is 7.15. The maximum absolute atomic E-state index is 5.59. The fraction of sp³-hybridized carbons (Fsp3) is 0.400. The van der Waals surface area contributed by atoms with Gasteiger partial charge in [-0.2, -0.15) is 0 Å². The minimum absolute atomic E-state index is 0.631. The van der Waals surface area contributed by atoms with E-state index in [2.05, 4.69) is 29.4 Å². The average molecular weight is 290 g/mol. The van der Waals surface area contributed by atoms with Crippen molar-refractivity contribution in [1.29, 1.82) is 0 Å². The summed E-state index contributed by atoms with van der Waals surface area (Å²) in [4.78, 5) is 5.74. The predicted molar refractivity (Wildman–Crippen MR) is 81.2 cm³/mol. The SMILES string of the molecule is Cc1nc(NCCc2ccc3c(c2)OCCO3)sc1C. The minimum Gasteiger partial charge on any atom is -0.486 e. The van der Waals surface area contributed by atoms with Crippen molar-refractivity contribution in [3.8, 4) is 11.5 Å². The van der Waals surface area contributed by atoms with E-state index in [1.54, 1.807) is 11.3 Å². The van der Waals surface area contributed by atoms with E-state index in [4.69, 9.17) is 9.47 Å². The van der Waals surface area contributed by atoms with Crippen LogP contribution in [0.3, 0.4) is 0 Å². The Kier molecular flexibility index (Phi) is 3.78. The number of hydrogen-bond donors (Lipinski definition) is 1. The lowest BCUT2D eigenvalue weighted by atomic mass is 10.1. The highest BCUT2D eigenvalue weighted by Gasteiger charge is 2.11. The molecular weight excluding hydrogens is 272 g/mol. The van der Waals surface area contributed by atoms with Crippen LogP contribution in [0.4, 0.5) is 5.13 Å². The van der Waals surface area contributed by atoms with Crippen molar-refractivity contribution < 1.29 is 9.47 Å². The van der Waals surface area contributed by atoms with Gasteiger partial charge in [-0.3, -0.25) is 0 Å². The molecule has 1 aliphatic rings. The van der Waals surface area contributed by atoms with Gasteiger partial charge in [0.2, 0.25) is 0 Å². The van der Waals surface area contributed by atoms with Crippen molar-refractivity contribution in [3.63, 3.8) is 0 Å². The van der Waals surface area contributed by atoms with Gasteiger partial charge in [0.15, 0.2) is 16.6 Å². The smallest absolute Gasteiger partial charge is 0.183 e. The van der Waals surface area contributed by atoms with Gasteiger partial charge in [0.25, 0.3) is 0 Å². The molecule has 0 atom stereocenters. The van der Waals surface area contributed by atoms with Crippen molar-refractivity contribution in [1.82, 2.24) is 4.98 Å². The summed E-state index contributed by atoms with van der Waals surface area (Å²) < 4.78 is 11.1. The van der Waals surface area contributed by atoms with Crippen molar-refractivity contribution in [2.24, 2.45) is 0 Å². The standard InChI is InChI=1S/C15H18N2O2S/c1-10-11(2)20-15(17-10)16-6-5-12-3-4-13-14(9-12)19-8-7-18-13/h3-4,9H,5-8H2,1-2H3,(H,16,17). The average Bonchev–Trinajstić information content (AvgIpc) is 2.77. The van der Waals surface area contributed by atoms with Crippen LogP contribution in [0.15, 0.2) is 18.2 Å². The molecule has 1 aromatic heterocycles. The third-order valence-electron chi connectivity index (χ3n) is 3.33. The highest BCUT2D eigenvalue weighted by atomic mass is 32.1. The van der Waals surface area contributed by atoms with E-state index in [1.807, 2.05) is 13.0 Å². The van der Waals surface area contributed by atoms with Crippen molar-refractivity contribution in [2.75, 3.05) is 25.1 Å². The first-order chi connectivity index (χ1) is 9.72. The molecule has 2 aromatic rings. The van der Waals surface area contributed by atoms with Crippen LogP contribution < -0.4 is 14.8 Å². The molecule has 1 aromatic carbocycles. The van der Waals surface area contributed by atoms with E-state index in [1.165, 1.54) is 10.4 Å². The molecule has 0 radical (unpaired) electrons. The molecule has 20 heavy (non-hydrogen) atoms. The molecule has 5 heteroatoms. The van der Waals surface area contributed by atoms with Gasteiger partial charge in [0, 0.05) is 11.4 Å². The summed E-state index contributed by atoms with van der Waals surface area (Å²) in [6, 6.07) is 6.14. The molecule has 106 valence electrons. The van der Waals surface area contributed by atoms with Gasteiger partial charge < -0.3 is 14.8 Å². The zero-order valence-corrected chi connectivity index (χ0v) is 12.5. The van der Waals surface area contributed by atoms with E-state index in [9.17, 15) is 0 Å². The molecule has 0 spiro atoms. The van der Waals surface area contributed by atoms with Crippen LogP contribution in [0.5, 0.6) is 11.5 Å². The Morgan fingerprint density at radius 3 is 2.75 bits per heavy atom. The molecule has 1 N–H and O–H groups in total. The monoisotopic (exact) mass is 290 g/mol. The number of nitrogens with zero attached hydrogens (tertiary/aromatic N) is 1. The maximum Gasteiger partial charge on any atom is 0.183 e. The van der Waals surface area contributed by atoms with Gasteiger partial charge in [0.1, 0.15) is 13.2 Å². The number of ether oxygens (including phenoxy) is 2. The summed E-state index contributed by atoms with van der Waals surface area (Å²) in [6.07, 6.45) is 0.939. The van der Waals surface area contributed by atoms with E-state index < -0.39 is 0 Å². The summed E-state index contributed by atoms with van der Waals surface area (Å²) in [5.41, 5.74) is 2.35. The summed E-state index contributed by atoms with van der Waals surface area (Å²) in [5, 5.41) is 4.37. The molecule has 0 saturated carbocycles. The van der Waals surface area contributed by atoms with Gasteiger partial charge in [-0.05, 0) is 38.0 Å². The molecule has 1 aliphatic heterocycles. The van der Waals surface area contributed by atoms with Crippen LogP contribution in [0.2, 0.25) is 0 Å². The van der Waals surface area contributed by atoms with E-state index in [0.717, 1.165) is 35.3 Å². The highest BCUT2D eigenvalue weighted by Crippen LogP contribution is 2.30. The Morgan fingerprint density at radius 1 is 1.20 bits per heavy atom. The topological polar surface area (TPSA) is 43.4 Å². The molecule has 2 heterocycles. The molecular formula is C15H18N2O2S. The summed E-state index contributed by atoms with van der Waals surface area (Å²) in [7, 11) is 0. The fourth-order valence-electron chi connectivity index (χ4n) is 2.11. The number of rotatable bonds is 4. The Hall–Kier alpha value is -1.75. The van der Waals surface area contributed by atoms with Crippen molar-refractivity contribution in [2.45, 2.75) is 20.3 Å². The predicted octanol–water partition coefficient (Wildman–Crippen LogP) is 3.19. The number of benzene rings is 1. The lowest BCUT2D eigenvalue weighted by Crippen LogP contribution is -2.15. The first-order valence-electron chi connectivity index (χ1n) is 6.79. The quantitative estimate of drug-likeness (QED) is 0.939. The second-order valence-corrected chi connectivity index (χ2v) is 6.02. The van der Waals surface area contributed by atoms with Crippen LogP contribution >= 0.6 is 11.3 Å². The van der Waals surface area contributed by atoms with Crippen LogP contribution in [0.1, 0.15) is 16.1 Å². The van der Waals surface area contributed by atoms with Crippen LogP contribution in [0.25, 0.3) is 0 Å². The number of nitrogens with one attached hydrogen (secondary N) is 1. The van der Waals surface area contributed by atoms with E-state index >= 15 is 0 Å². The maximum atomic E-state index is 5.59. The lowest BCUT2D eigenvalue weighted by molar-refractivity contribution is 0.171. The first-order valence-corrected chi connectivity index (χ1v) is 7.60. The van der Waals surface area contributed by atoms with Crippen molar-refractivity contribution >= 4 is 16.5 Å². The zero-order valence-electron chi connectivity index (χ0n) is 11.7. The molecule has 3 rings (SSSR count). The van der Waals surface area contributed by atoms with Gasteiger partial charge in [-0.15, -0.1) is 11.3 Å². The Morgan fingerprint density at radius 2 is 2.00 bits per heavy atom. The first kappa shape index (κ1) is 13.2. The summed E-state index contributed by atoms with van der Waals surface area (Å²) in [5.74, 6) is 1.70. The van der Waals surface area contributed by atoms with Crippen LogP contribution in [0, 0.1) is 13.8 Å². The number of anilines is 1. The molecule has 0 fully saturated rings. The number of fused-ring (bicyclic) bond motifs is 1. The molecule has 0 amide bonds. The van der Waals surface area contributed by atoms with Gasteiger partial charge in [-0.25, -0.2) is 4.98 Å². The normalized spacial score (nSPS) is 13.3. The molecule has 0 bridgehead atoms. The Labute approximate surface area is 122 Å². The molecule has 4 nitrogen and oxygen atoms in total. The number of aryl methyl sites for hydroxylation is 2. The van der Waals surface area contributed by atoms with Gasteiger partial charge >= 0.3 is 0 Å². The molecule has 0 aliphatic carbocycles. The second kappa shape index (κ2) is 5.71. The van der Waals surface area contributed by atoms with Crippen molar-refractivity contribution in [3.05, 3.63) is 34.3 Å². The summed E-state index contributed by atoms with van der Waals surface area (Å²) in [6.45, 7) is 6.27. The molecule has 0 unspecified atom stereocenters. The summed E-state index contributed by atoms with van der Waals surface area (Å²) >= 11 is 1.71. The third-order valence-corrected chi connectivity index (χ3v) is 4.36. The lowest BCUT2D eigenvalue weighted by Gasteiger charge is -2.18. The molecule has 0 saturated heterocycles. The second-order valence-electron chi connectivity index (χ2n) is 4.82. The minimum atomic E-state index is 0.631.